The Morgan fingerprint density at radius 1 is 0.636 bits per heavy atom. The van der Waals surface area contributed by atoms with Crippen molar-refractivity contribution < 1.29 is 9.47 Å². The van der Waals surface area contributed by atoms with Crippen molar-refractivity contribution in [3.63, 3.8) is 0 Å². The van der Waals surface area contributed by atoms with E-state index in [1.807, 2.05) is 0 Å². The van der Waals surface area contributed by atoms with Crippen LogP contribution in [0.25, 0.3) is 0 Å². The van der Waals surface area contributed by atoms with E-state index in [4.69, 9.17) is 9.47 Å². The van der Waals surface area contributed by atoms with Crippen molar-refractivity contribution in [3.05, 3.63) is 57.6 Å². The average Bonchev–Trinajstić information content (AvgIpc) is 2.44. The lowest BCUT2D eigenvalue weighted by Gasteiger charge is -2.15. The highest BCUT2D eigenvalue weighted by atomic mass is 16.5. The molecule has 0 aromatic heterocycles. The van der Waals surface area contributed by atoms with Gasteiger partial charge in [0.2, 0.25) is 0 Å². The number of methoxy groups -OCH3 is 2. The smallest absolute Gasteiger partial charge is 0.124 e. The van der Waals surface area contributed by atoms with E-state index in [1.165, 1.54) is 33.4 Å². The summed E-state index contributed by atoms with van der Waals surface area (Å²) in [7, 11) is 3.50. The summed E-state index contributed by atoms with van der Waals surface area (Å²) in [6, 6.07) is 8.78. The van der Waals surface area contributed by atoms with E-state index >= 15 is 0 Å². The van der Waals surface area contributed by atoms with Gasteiger partial charge in [-0.1, -0.05) is 35.4 Å². The van der Waals surface area contributed by atoms with Crippen LogP contribution in [-0.2, 0) is 12.8 Å². The second-order valence-corrected chi connectivity index (χ2v) is 6.05. The van der Waals surface area contributed by atoms with Crippen molar-refractivity contribution in [1.82, 2.24) is 0 Å². The van der Waals surface area contributed by atoms with Crippen LogP contribution < -0.4 is 9.47 Å². The van der Waals surface area contributed by atoms with Crippen LogP contribution in [0, 0.1) is 27.7 Å². The monoisotopic (exact) mass is 298 g/mol. The van der Waals surface area contributed by atoms with Crippen molar-refractivity contribution in [2.24, 2.45) is 0 Å². The third-order valence-electron chi connectivity index (χ3n) is 4.06. The quantitative estimate of drug-likeness (QED) is 0.795. The highest BCUT2D eigenvalue weighted by Crippen LogP contribution is 2.30. The molecule has 0 unspecified atom stereocenters. The molecule has 0 amide bonds. The van der Waals surface area contributed by atoms with Crippen molar-refractivity contribution >= 4 is 0 Å². The zero-order valence-electron chi connectivity index (χ0n) is 14.5. The molecule has 118 valence electrons. The van der Waals surface area contributed by atoms with Gasteiger partial charge < -0.3 is 9.47 Å². The fourth-order valence-electron chi connectivity index (χ4n) is 3.31. The number of hydrogen-bond donors (Lipinski definition) is 0. The minimum absolute atomic E-state index is 0.949. The lowest BCUT2D eigenvalue weighted by molar-refractivity contribution is 0.402. The Balaban J connectivity index is 2.31. The van der Waals surface area contributed by atoms with Gasteiger partial charge in [-0.15, -0.1) is 0 Å². The number of hydrogen-bond acceptors (Lipinski definition) is 2. The maximum Gasteiger partial charge on any atom is 0.124 e. The fraction of sp³-hybridized carbons (Fsp3) is 0.400. The van der Waals surface area contributed by atoms with Gasteiger partial charge in [-0.05, 0) is 62.8 Å². The van der Waals surface area contributed by atoms with Gasteiger partial charge in [0, 0.05) is 0 Å². The van der Waals surface area contributed by atoms with Gasteiger partial charge in [-0.2, -0.15) is 0 Å². The summed E-state index contributed by atoms with van der Waals surface area (Å²) in [5.41, 5.74) is 7.48. The lowest BCUT2D eigenvalue weighted by atomic mass is 9.96. The zero-order valence-corrected chi connectivity index (χ0v) is 14.5. The molecule has 2 aromatic carbocycles. The molecule has 0 N–H and O–H groups in total. The van der Waals surface area contributed by atoms with E-state index in [0.29, 0.717) is 0 Å². The Labute approximate surface area is 134 Å². The molecule has 0 aliphatic heterocycles. The molecule has 0 saturated carbocycles. The first-order valence-electron chi connectivity index (χ1n) is 7.74. The van der Waals surface area contributed by atoms with Gasteiger partial charge in [0.15, 0.2) is 0 Å². The molecule has 0 bridgehead atoms. The average molecular weight is 298 g/mol. The summed E-state index contributed by atoms with van der Waals surface area (Å²) < 4.78 is 11.2. The number of ether oxygens (including phenoxy) is 2. The largest absolute Gasteiger partial charge is 0.496 e. The Morgan fingerprint density at radius 3 is 1.32 bits per heavy atom. The Bertz CT molecular complexity index is 612. The minimum Gasteiger partial charge on any atom is -0.496 e. The van der Waals surface area contributed by atoms with Gasteiger partial charge in [-0.25, -0.2) is 0 Å². The molecular weight excluding hydrogens is 272 g/mol. The number of rotatable bonds is 5. The molecule has 0 fully saturated rings. The standard InChI is InChI=1S/C20H26O2/c1-13-9-15(3)19(21-5)17(11-13)7-8-18-12-14(2)10-16(4)20(18)22-6/h9-12H,7-8H2,1-6H3. The molecule has 0 heterocycles. The van der Waals surface area contributed by atoms with Crippen molar-refractivity contribution in [2.75, 3.05) is 14.2 Å². The summed E-state index contributed by atoms with van der Waals surface area (Å²) in [6.45, 7) is 8.47. The van der Waals surface area contributed by atoms with Crippen LogP contribution in [-0.4, -0.2) is 14.2 Å². The maximum atomic E-state index is 5.59. The van der Waals surface area contributed by atoms with Crippen LogP contribution >= 0.6 is 0 Å². The summed E-state index contributed by atoms with van der Waals surface area (Å²) in [6.07, 6.45) is 1.90. The van der Waals surface area contributed by atoms with E-state index in [-0.39, 0.29) is 0 Å². The Kier molecular flexibility index (Phi) is 5.12. The molecule has 2 aromatic rings. The number of benzene rings is 2. The van der Waals surface area contributed by atoms with Crippen molar-refractivity contribution in [3.8, 4) is 11.5 Å². The van der Waals surface area contributed by atoms with Crippen LogP contribution in [0.3, 0.4) is 0 Å². The second-order valence-electron chi connectivity index (χ2n) is 6.05. The zero-order chi connectivity index (χ0) is 16.3. The van der Waals surface area contributed by atoms with E-state index in [1.54, 1.807) is 14.2 Å². The number of aryl methyl sites for hydroxylation is 6. The first-order chi connectivity index (χ1) is 10.5. The van der Waals surface area contributed by atoms with Crippen LogP contribution in [0.4, 0.5) is 0 Å². The van der Waals surface area contributed by atoms with Gasteiger partial charge >= 0.3 is 0 Å². The minimum atomic E-state index is 0.949. The highest BCUT2D eigenvalue weighted by molar-refractivity contribution is 5.47. The van der Waals surface area contributed by atoms with E-state index in [2.05, 4.69) is 52.0 Å². The van der Waals surface area contributed by atoms with Gasteiger partial charge in [0.05, 0.1) is 14.2 Å². The topological polar surface area (TPSA) is 18.5 Å². The Hall–Kier alpha value is -1.96. The Morgan fingerprint density at radius 2 is 1.00 bits per heavy atom. The highest BCUT2D eigenvalue weighted by Gasteiger charge is 2.11. The summed E-state index contributed by atoms with van der Waals surface area (Å²) in [4.78, 5) is 0. The SMILES string of the molecule is COc1c(C)cc(C)cc1CCc1cc(C)cc(C)c1OC. The third kappa shape index (κ3) is 3.44. The molecule has 0 saturated heterocycles. The fourth-order valence-corrected chi connectivity index (χ4v) is 3.31. The van der Waals surface area contributed by atoms with Crippen molar-refractivity contribution in [1.29, 1.82) is 0 Å². The molecule has 2 heteroatoms. The first kappa shape index (κ1) is 16.4. The van der Waals surface area contributed by atoms with Crippen molar-refractivity contribution in [2.45, 2.75) is 40.5 Å². The van der Waals surface area contributed by atoms with Crippen LogP contribution in [0.1, 0.15) is 33.4 Å². The molecular formula is C20H26O2. The van der Waals surface area contributed by atoms with Gasteiger partial charge in [0.25, 0.3) is 0 Å². The first-order valence-corrected chi connectivity index (χ1v) is 7.74. The molecule has 2 rings (SSSR count). The van der Waals surface area contributed by atoms with E-state index in [0.717, 1.165) is 24.3 Å². The van der Waals surface area contributed by atoms with Gasteiger partial charge in [-0.3, -0.25) is 0 Å². The molecule has 0 radical (unpaired) electrons. The normalized spacial score (nSPS) is 10.6. The van der Waals surface area contributed by atoms with E-state index < -0.39 is 0 Å². The van der Waals surface area contributed by atoms with Crippen LogP contribution in [0.2, 0.25) is 0 Å². The maximum absolute atomic E-state index is 5.59. The van der Waals surface area contributed by atoms with Crippen LogP contribution in [0.5, 0.6) is 11.5 Å². The predicted octanol–water partition coefficient (Wildman–Crippen LogP) is 4.72. The molecule has 0 atom stereocenters. The lowest BCUT2D eigenvalue weighted by Crippen LogP contribution is -2.01. The molecule has 0 spiro atoms. The molecule has 2 nitrogen and oxygen atoms in total. The molecule has 0 aliphatic carbocycles. The summed E-state index contributed by atoms with van der Waals surface area (Å²) in [5.74, 6) is 2.02. The molecule has 0 aliphatic rings. The van der Waals surface area contributed by atoms with Crippen LogP contribution in [0.15, 0.2) is 24.3 Å². The second kappa shape index (κ2) is 6.87. The van der Waals surface area contributed by atoms with E-state index in [9.17, 15) is 0 Å². The van der Waals surface area contributed by atoms with Gasteiger partial charge in [0.1, 0.15) is 11.5 Å². The molecule has 22 heavy (non-hydrogen) atoms. The summed E-state index contributed by atoms with van der Waals surface area (Å²) >= 11 is 0. The predicted molar refractivity (Wildman–Crippen MR) is 92.3 cm³/mol. The summed E-state index contributed by atoms with van der Waals surface area (Å²) in [5, 5.41) is 0. The third-order valence-corrected chi connectivity index (χ3v) is 4.06.